The van der Waals surface area contributed by atoms with Crippen molar-refractivity contribution < 1.29 is 9.59 Å². The Hall–Kier alpha value is -2.37. The van der Waals surface area contributed by atoms with Gasteiger partial charge in [0.05, 0.1) is 13.1 Å². The second-order valence-electron chi connectivity index (χ2n) is 5.77. The number of rotatable bonds is 10. The van der Waals surface area contributed by atoms with Crippen LogP contribution in [0.2, 0.25) is 0 Å². The van der Waals surface area contributed by atoms with E-state index < -0.39 is 0 Å². The van der Waals surface area contributed by atoms with Gasteiger partial charge in [0.15, 0.2) is 0 Å². The molecule has 2 rings (SSSR count). The fraction of sp³-hybridized carbons (Fsp3) is 0.300. The lowest BCUT2D eigenvalue weighted by molar-refractivity contribution is -0.121. The normalized spacial score (nSPS) is 9.85. The van der Waals surface area contributed by atoms with Crippen LogP contribution in [0, 0.1) is 0 Å². The predicted octanol–water partition coefficient (Wildman–Crippen LogP) is 1.72. The third-order valence-electron chi connectivity index (χ3n) is 3.73. The summed E-state index contributed by atoms with van der Waals surface area (Å²) < 4.78 is 0. The van der Waals surface area contributed by atoms with E-state index in [1.165, 1.54) is 11.1 Å². The maximum Gasteiger partial charge on any atom is 0.233 e. The molecule has 0 aliphatic carbocycles. The highest BCUT2D eigenvalue weighted by Gasteiger charge is 2.04. The van der Waals surface area contributed by atoms with Gasteiger partial charge in [0.25, 0.3) is 0 Å². The molecule has 0 radical (unpaired) electrons. The molecule has 5 nitrogen and oxygen atoms in total. The van der Waals surface area contributed by atoms with Crippen LogP contribution in [0.4, 0.5) is 0 Å². The SMILES string of the molecule is Cl.O=C(CNCC(=O)NCCc1ccccc1)NCCc1ccccc1. The Morgan fingerprint density at radius 2 is 1.04 bits per heavy atom. The zero-order valence-corrected chi connectivity index (χ0v) is 15.6. The molecular formula is C20H26ClN3O2. The summed E-state index contributed by atoms with van der Waals surface area (Å²) in [5.74, 6) is -0.207. The summed E-state index contributed by atoms with van der Waals surface area (Å²) in [6.45, 7) is 1.46. The molecule has 0 bridgehead atoms. The summed E-state index contributed by atoms with van der Waals surface area (Å²) in [7, 11) is 0. The lowest BCUT2D eigenvalue weighted by Crippen LogP contribution is -2.40. The van der Waals surface area contributed by atoms with Gasteiger partial charge in [-0.05, 0) is 24.0 Å². The molecule has 0 fully saturated rings. The quantitative estimate of drug-likeness (QED) is 0.592. The second-order valence-corrected chi connectivity index (χ2v) is 5.77. The van der Waals surface area contributed by atoms with Crippen LogP contribution in [0.15, 0.2) is 60.7 Å². The van der Waals surface area contributed by atoms with Gasteiger partial charge in [0.1, 0.15) is 0 Å². The third-order valence-corrected chi connectivity index (χ3v) is 3.73. The highest BCUT2D eigenvalue weighted by Crippen LogP contribution is 1.98. The molecule has 0 atom stereocenters. The first-order valence-electron chi connectivity index (χ1n) is 8.56. The minimum absolute atomic E-state index is 0. The summed E-state index contributed by atoms with van der Waals surface area (Å²) in [6.07, 6.45) is 1.60. The summed E-state index contributed by atoms with van der Waals surface area (Å²) in [6, 6.07) is 20.0. The molecule has 0 saturated heterocycles. The Kier molecular flexibility index (Phi) is 10.8. The van der Waals surface area contributed by atoms with E-state index in [0.717, 1.165) is 12.8 Å². The van der Waals surface area contributed by atoms with E-state index in [4.69, 9.17) is 0 Å². The van der Waals surface area contributed by atoms with Gasteiger partial charge in [-0.15, -0.1) is 12.4 Å². The van der Waals surface area contributed by atoms with Crippen molar-refractivity contribution in [3.63, 3.8) is 0 Å². The lowest BCUT2D eigenvalue weighted by Gasteiger charge is -2.08. The Bertz CT molecular complexity index is 593. The van der Waals surface area contributed by atoms with E-state index in [2.05, 4.69) is 16.0 Å². The zero-order valence-electron chi connectivity index (χ0n) is 14.7. The standard InChI is InChI=1S/C20H25N3O2.ClH/c24-19(22-13-11-17-7-3-1-4-8-17)15-21-16-20(25)23-14-12-18-9-5-2-6-10-18;/h1-10,21H,11-16H2,(H,22,24)(H,23,25);1H. The van der Waals surface area contributed by atoms with Gasteiger partial charge in [-0.1, -0.05) is 60.7 Å². The number of halogens is 1. The van der Waals surface area contributed by atoms with Crippen LogP contribution in [0.5, 0.6) is 0 Å². The molecular weight excluding hydrogens is 350 g/mol. The van der Waals surface area contributed by atoms with Crippen molar-refractivity contribution in [2.75, 3.05) is 26.2 Å². The molecule has 2 aromatic rings. The summed E-state index contributed by atoms with van der Waals surface area (Å²) in [5, 5.41) is 8.53. The molecule has 0 heterocycles. The summed E-state index contributed by atoms with van der Waals surface area (Å²) in [5.41, 5.74) is 2.38. The Balaban J connectivity index is 0.00000338. The highest BCUT2D eigenvalue weighted by atomic mass is 35.5. The van der Waals surface area contributed by atoms with Crippen molar-refractivity contribution in [2.24, 2.45) is 0 Å². The molecule has 3 N–H and O–H groups in total. The van der Waals surface area contributed by atoms with E-state index in [1.807, 2.05) is 60.7 Å². The van der Waals surface area contributed by atoms with Gasteiger partial charge >= 0.3 is 0 Å². The first-order chi connectivity index (χ1) is 12.2. The number of nitrogens with one attached hydrogen (secondary N) is 3. The van der Waals surface area contributed by atoms with Crippen LogP contribution in [0.3, 0.4) is 0 Å². The van der Waals surface area contributed by atoms with Crippen LogP contribution in [-0.2, 0) is 22.4 Å². The largest absolute Gasteiger partial charge is 0.355 e. The molecule has 26 heavy (non-hydrogen) atoms. The summed E-state index contributed by atoms with van der Waals surface area (Å²) >= 11 is 0. The first-order valence-corrected chi connectivity index (χ1v) is 8.56. The van der Waals surface area contributed by atoms with Crippen LogP contribution in [-0.4, -0.2) is 38.0 Å². The maximum absolute atomic E-state index is 11.7. The number of hydrogen-bond donors (Lipinski definition) is 3. The summed E-state index contributed by atoms with van der Waals surface area (Å²) in [4.78, 5) is 23.4. The molecule has 0 unspecified atom stereocenters. The number of carbonyl (C=O) groups excluding carboxylic acids is 2. The van der Waals surface area contributed by atoms with Gasteiger partial charge < -0.3 is 10.6 Å². The Morgan fingerprint density at radius 1 is 0.654 bits per heavy atom. The average Bonchev–Trinajstić information content (AvgIpc) is 2.63. The van der Waals surface area contributed by atoms with Crippen LogP contribution in [0.1, 0.15) is 11.1 Å². The fourth-order valence-electron chi connectivity index (χ4n) is 2.40. The van der Waals surface area contributed by atoms with E-state index in [-0.39, 0.29) is 37.3 Å². The minimum Gasteiger partial charge on any atom is -0.355 e. The molecule has 2 amide bonds. The van der Waals surface area contributed by atoms with E-state index in [0.29, 0.717) is 13.1 Å². The minimum atomic E-state index is -0.104. The lowest BCUT2D eigenvalue weighted by atomic mass is 10.1. The zero-order chi connectivity index (χ0) is 17.7. The Labute approximate surface area is 161 Å². The van der Waals surface area contributed by atoms with Gasteiger partial charge in [-0.3, -0.25) is 14.9 Å². The van der Waals surface area contributed by atoms with Gasteiger partial charge in [0.2, 0.25) is 11.8 Å². The van der Waals surface area contributed by atoms with E-state index in [9.17, 15) is 9.59 Å². The highest BCUT2D eigenvalue weighted by molar-refractivity contribution is 5.85. The van der Waals surface area contributed by atoms with Crippen LogP contribution >= 0.6 is 12.4 Å². The van der Waals surface area contributed by atoms with Crippen molar-refractivity contribution in [3.05, 3.63) is 71.8 Å². The molecule has 0 aliphatic rings. The molecule has 0 aliphatic heterocycles. The number of hydrogen-bond acceptors (Lipinski definition) is 3. The monoisotopic (exact) mass is 375 g/mol. The predicted molar refractivity (Wildman–Crippen MR) is 106 cm³/mol. The van der Waals surface area contributed by atoms with Gasteiger partial charge in [-0.25, -0.2) is 0 Å². The average molecular weight is 376 g/mol. The molecule has 0 aromatic heterocycles. The molecule has 0 spiro atoms. The van der Waals surface area contributed by atoms with Crippen molar-refractivity contribution in [1.29, 1.82) is 0 Å². The molecule has 2 aromatic carbocycles. The third kappa shape index (κ3) is 9.20. The number of benzene rings is 2. The van der Waals surface area contributed by atoms with Crippen molar-refractivity contribution in [3.8, 4) is 0 Å². The van der Waals surface area contributed by atoms with Crippen molar-refractivity contribution in [1.82, 2.24) is 16.0 Å². The van der Waals surface area contributed by atoms with Crippen LogP contribution in [0.25, 0.3) is 0 Å². The smallest absolute Gasteiger partial charge is 0.233 e. The van der Waals surface area contributed by atoms with Crippen molar-refractivity contribution in [2.45, 2.75) is 12.8 Å². The number of carbonyl (C=O) groups is 2. The topological polar surface area (TPSA) is 70.2 Å². The number of amides is 2. The van der Waals surface area contributed by atoms with Gasteiger partial charge in [0, 0.05) is 13.1 Å². The molecule has 140 valence electrons. The van der Waals surface area contributed by atoms with E-state index >= 15 is 0 Å². The Morgan fingerprint density at radius 3 is 1.42 bits per heavy atom. The molecule has 0 saturated carbocycles. The maximum atomic E-state index is 11.7. The van der Waals surface area contributed by atoms with Gasteiger partial charge in [-0.2, -0.15) is 0 Å². The van der Waals surface area contributed by atoms with E-state index in [1.54, 1.807) is 0 Å². The second kappa shape index (κ2) is 12.9. The van der Waals surface area contributed by atoms with Crippen molar-refractivity contribution >= 4 is 24.2 Å². The first kappa shape index (κ1) is 21.7. The molecule has 6 heteroatoms. The fourth-order valence-corrected chi connectivity index (χ4v) is 2.40. The van der Waals surface area contributed by atoms with Crippen LogP contribution < -0.4 is 16.0 Å².